The highest BCUT2D eigenvalue weighted by Crippen LogP contribution is 2.27. The Morgan fingerprint density at radius 2 is 1.74 bits per heavy atom. The Balaban J connectivity index is 2.24. The molecule has 0 bridgehead atoms. The van der Waals surface area contributed by atoms with E-state index >= 15 is 0 Å². The van der Waals surface area contributed by atoms with Crippen LogP contribution in [0.1, 0.15) is 60.7 Å². The highest BCUT2D eigenvalue weighted by atomic mass is 32.2. The number of nitrogens with one attached hydrogen (secondary N) is 2. The van der Waals surface area contributed by atoms with Crippen LogP contribution in [-0.2, 0) is 31.5 Å². The minimum atomic E-state index is -3.58. The van der Waals surface area contributed by atoms with Crippen molar-refractivity contribution in [2.75, 3.05) is 18.1 Å². The molecule has 0 spiro atoms. The number of benzene rings is 2. The van der Waals surface area contributed by atoms with Crippen LogP contribution in [0.15, 0.2) is 42.5 Å². The lowest BCUT2D eigenvalue weighted by atomic mass is 9.84. The first-order valence-electron chi connectivity index (χ1n) is 9.89. The van der Waals surface area contributed by atoms with Crippen LogP contribution in [0.4, 0.5) is 5.69 Å². The molecule has 168 valence electrons. The summed E-state index contributed by atoms with van der Waals surface area (Å²) in [6.07, 6.45) is 0.994. The lowest BCUT2D eigenvalue weighted by Crippen LogP contribution is -2.29. The van der Waals surface area contributed by atoms with Gasteiger partial charge in [-0.25, -0.2) is 13.2 Å². The van der Waals surface area contributed by atoms with E-state index in [-0.39, 0.29) is 22.6 Å². The molecule has 31 heavy (non-hydrogen) atoms. The van der Waals surface area contributed by atoms with Crippen LogP contribution < -0.4 is 10.0 Å². The van der Waals surface area contributed by atoms with Crippen molar-refractivity contribution in [3.05, 3.63) is 64.7 Å². The highest BCUT2D eigenvalue weighted by molar-refractivity contribution is 7.92. The van der Waals surface area contributed by atoms with Crippen LogP contribution in [0.25, 0.3) is 0 Å². The maximum Gasteiger partial charge on any atom is 0.340 e. The molecule has 0 radical (unpaired) electrons. The first-order valence-corrected chi connectivity index (χ1v) is 11.8. The monoisotopic (exact) mass is 446 g/mol. The van der Waals surface area contributed by atoms with Gasteiger partial charge in [-0.15, -0.1) is 0 Å². The molecule has 7 nitrogen and oxygen atoms in total. The number of esters is 1. The van der Waals surface area contributed by atoms with Gasteiger partial charge in [0.1, 0.15) is 0 Å². The van der Waals surface area contributed by atoms with Crippen molar-refractivity contribution >= 4 is 27.6 Å². The van der Waals surface area contributed by atoms with Gasteiger partial charge in [0.15, 0.2) is 0 Å². The van der Waals surface area contributed by atoms with E-state index < -0.39 is 21.9 Å². The van der Waals surface area contributed by atoms with E-state index in [1.165, 1.54) is 19.2 Å². The molecule has 0 aromatic heterocycles. The summed E-state index contributed by atoms with van der Waals surface area (Å²) >= 11 is 0. The largest absolute Gasteiger partial charge is 0.465 e. The zero-order valence-electron chi connectivity index (χ0n) is 18.8. The van der Waals surface area contributed by atoms with E-state index in [0.29, 0.717) is 12.1 Å². The first kappa shape index (κ1) is 24.4. The molecule has 2 aromatic carbocycles. The summed E-state index contributed by atoms with van der Waals surface area (Å²) in [6, 6.07) is 12.5. The molecule has 0 fully saturated rings. The average Bonchev–Trinajstić information content (AvgIpc) is 2.69. The fourth-order valence-corrected chi connectivity index (χ4v) is 3.87. The van der Waals surface area contributed by atoms with Crippen LogP contribution in [0, 0.1) is 0 Å². The quantitative estimate of drug-likeness (QED) is 0.633. The Morgan fingerprint density at radius 1 is 1.10 bits per heavy atom. The van der Waals surface area contributed by atoms with E-state index in [1.54, 1.807) is 13.0 Å². The molecule has 2 rings (SSSR count). The molecule has 1 atom stereocenters. The fraction of sp³-hybridized carbons (Fsp3) is 0.391. The number of ether oxygens (including phenoxy) is 1. The van der Waals surface area contributed by atoms with Gasteiger partial charge in [-0.1, -0.05) is 51.1 Å². The smallest absolute Gasteiger partial charge is 0.340 e. The minimum absolute atomic E-state index is 0.0446. The van der Waals surface area contributed by atoms with E-state index in [4.69, 9.17) is 4.74 Å². The summed E-state index contributed by atoms with van der Waals surface area (Å²) in [4.78, 5) is 25.0. The molecular weight excluding hydrogens is 416 g/mol. The van der Waals surface area contributed by atoms with Crippen LogP contribution in [0.5, 0.6) is 0 Å². The third-order valence-electron chi connectivity index (χ3n) is 4.92. The molecule has 0 saturated carbocycles. The number of hydrogen-bond acceptors (Lipinski definition) is 5. The average molecular weight is 447 g/mol. The first-order chi connectivity index (χ1) is 14.3. The van der Waals surface area contributed by atoms with Crippen LogP contribution in [-0.4, -0.2) is 33.7 Å². The van der Waals surface area contributed by atoms with Gasteiger partial charge in [0, 0.05) is 6.54 Å². The van der Waals surface area contributed by atoms with Crippen LogP contribution in [0.2, 0.25) is 0 Å². The third-order valence-corrected chi connectivity index (χ3v) is 5.51. The highest BCUT2D eigenvalue weighted by Gasteiger charge is 2.22. The van der Waals surface area contributed by atoms with Crippen molar-refractivity contribution in [2.24, 2.45) is 0 Å². The van der Waals surface area contributed by atoms with Gasteiger partial charge in [0.05, 0.1) is 30.5 Å². The van der Waals surface area contributed by atoms with Gasteiger partial charge in [-0.3, -0.25) is 9.52 Å². The number of carbonyl (C=O) groups excluding carboxylic acids is 2. The Morgan fingerprint density at radius 3 is 2.32 bits per heavy atom. The van der Waals surface area contributed by atoms with Gasteiger partial charge in [-0.05, 0) is 41.2 Å². The summed E-state index contributed by atoms with van der Waals surface area (Å²) in [7, 11) is -2.37. The SMILES string of the molecule is COC(=O)c1cc(C(C)C(=O)NCc2ccccc2C(C)(C)C)ccc1NS(C)(=O)=O. The number of sulfonamides is 1. The van der Waals surface area contributed by atoms with Gasteiger partial charge in [0.25, 0.3) is 0 Å². The second kappa shape index (κ2) is 9.51. The fourth-order valence-electron chi connectivity index (χ4n) is 3.29. The number of carbonyl (C=O) groups is 2. The zero-order chi connectivity index (χ0) is 23.4. The van der Waals surface area contributed by atoms with E-state index in [1.807, 2.05) is 18.2 Å². The van der Waals surface area contributed by atoms with E-state index in [2.05, 4.69) is 36.9 Å². The lowest BCUT2D eigenvalue weighted by molar-refractivity contribution is -0.122. The zero-order valence-corrected chi connectivity index (χ0v) is 19.6. The molecule has 0 aliphatic rings. The number of anilines is 1. The number of amides is 1. The molecule has 0 aliphatic heterocycles. The summed E-state index contributed by atoms with van der Waals surface area (Å²) in [6.45, 7) is 8.48. The van der Waals surface area contributed by atoms with Crippen molar-refractivity contribution in [1.29, 1.82) is 0 Å². The molecule has 0 saturated heterocycles. The summed E-state index contributed by atoms with van der Waals surface area (Å²) in [5, 5.41) is 2.96. The lowest BCUT2D eigenvalue weighted by Gasteiger charge is -2.23. The van der Waals surface area contributed by atoms with Gasteiger partial charge in [0.2, 0.25) is 15.9 Å². The van der Waals surface area contributed by atoms with Crippen molar-refractivity contribution in [2.45, 2.75) is 45.6 Å². The molecule has 8 heteroatoms. The summed E-state index contributed by atoms with van der Waals surface area (Å²) in [5.41, 5.74) is 2.87. The number of hydrogen-bond donors (Lipinski definition) is 2. The third kappa shape index (κ3) is 6.55. The van der Waals surface area contributed by atoms with Crippen molar-refractivity contribution in [3.8, 4) is 0 Å². The molecular formula is C23H30N2O5S. The number of rotatable bonds is 7. The Bertz CT molecular complexity index is 1070. The van der Waals surface area contributed by atoms with Crippen LogP contribution >= 0.6 is 0 Å². The maximum atomic E-state index is 12.8. The molecule has 2 aromatic rings. The Hall–Kier alpha value is -2.87. The predicted molar refractivity (Wildman–Crippen MR) is 122 cm³/mol. The second-order valence-corrected chi connectivity index (χ2v) is 10.3. The molecule has 1 amide bonds. The minimum Gasteiger partial charge on any atom is -0.465 e. The van der Waals surface area contributed by atoms with E-state index in [0.717, 1.165) is 17.4 Å². The Kier molecular flexibility index (Phi) is 7.49. The van der Waals surface area contributed by atoms with Gasteiger partial charge >= 0.3 is 5.97 Å². The maximum absolute atomic E-state index is 12.8. The predicted octanol–water partition coefficient (Wildman–Crippen LogP) is 3.56. The normalized spacial score (nSPS) is 12.7. The standard InChI is InChI=1S/C23H30N2O5S/c1-15(21(26)24-14-17-9-7-8-10-19(17)23(2,3)4)16-11-12-20(25-31(6,28)29)18(13-16)22(27)30-5/h7-13,15,25H,14H2,1-6H3,(H,24,26). The van der Waals surface area contributed by atoms with Crippen molar-refractivity contribution in [3.63, 3.8) is 0 Å². The van der Waals surface area contributed by atoms with Crippen molar-refractivity contribution < 1.29 is 22.7 Å². The van der Waals surface area contributed by atoms with Crippen LogP contribution in [0.3, 0.4) is 0 Å². The summed E-state index contributed by atoms with van der Waals surface area (Å²) in [5.74, 6) is -1.46. The Labute approximate surface area is 184 Å². The second-order valence-electron chi connectivity index (χ2n) is 8.52. The molecule has 2 N–H and O–H groups in total. The molecule has 1 unspecified atom stereocenters. The number of methoxy groups -OCH3 is 1. The topological polar surface area (TPSA) is 102 Å². The molecule has 0 heterocycles. The van der Waals surface area contributed by atoms with Gasteiger partial charge < -0.3 is 10.1 Å². The molecule has 0 aliphatic carbocycles. The van der Waals surface area contributed by atoms with E-state index in [9.17, 15) is 18.0 Å². The summed E-state index contributed by atoms with van der Waals surface area (Å²) < 4.78 is 30.2. The van der Waals surface area contributed by atoms with Crippen molar-refractivity contribution in [1.82, 2.24) is 5.32 Å². The van der Waals surface area contributed by atoms with Gasteiger partial charge in [-0.2, -0.15) is 0 Å².